The molecule has 0 saturated carbocycles. The zero-order valence-electron chi connectivity index (χ0n) is 17.4. The largest absolute Gasteiger partial charge is 0.382 e. The van der Waals surface area contributed by atoms with E-state index in [-0.39, 0.29) is 11.5 Å². The highest BCUT2D eigenvalue weighted by Gasteiger charge is 2.15. The first-order chi connectivity index (χ1) is 14.6. The maximum Gasteiger partial charge on any atom is 0.328 e. The van der Waals surface area contributed by atoms with Crippen molar-refractivity contribution in [2.45, 2.75) is 32.9 Å². The maximum atomic E-state index is 12.5. The van der Waals surface area contributed by atoms with Crippen LogP contribution in [0.2, 0.25) is 0 Å². The van der Waals surface area contributed by atoms with Crippen molar-refractivity contribution in [3.05, 3.63) is 45.9 Å². The van der Waals surface area contributed by atoms with Gasteiger partial charge in [0.15, 0.2) is 11.5 Å². The van der Waals surface area contributed by atoms with Crippen LogP contribution in [-0.2, 0) is 17.8 Å². The number of aromatic nitrogens is 4. The van der Waals surface area contributed by atoms with Crippen molar-refractivity contribution < 1.29 is 4.74 Å². The fourth-order valence-electron chi connectivity index (χ4n) is 3.60. The predicted octanol–water partition coefficient (Wildman–Crippen LogP) is 1.79. The lowest BCUT2D eigenvalue weighted by atomic mass is 10.1. The summed E-state index contributed by atoms with van der Waals surface area (Å²) >= 11 is 0. The highest BCUT2D eigenvalue weighted by molar-refractivity contribution is 5.82. The van der Waals surface area contributed by atoms with E-state index in [0.717, 1.165) is 57.8 Å². The number of anilines is 2. The van der Waals surface area contributed by atoms with Crippen LogP contribution in [0.1, 0.15) is 30.9 Å². The van der Waals surface area contributed by atoms with Crippen LogP contribution < -0.4 is 16.7 Å². The minimum absolute atomic E-state index is 0.242. The summed E-state index contributed by atoms with van der Waals surface area (Å²) in [5.74, 6) is 0.720. The Morgan fingerprint density at radius 3 is 2.53 bits per heavy atom. The van der Waals surface area contributed by atoms with E-state index in [1.54, 1.807) is 4.57 Å². The molecular weight excluding hydrogens is 382 g/mol. The number of nitrogens with two attached hydrogens (primary N) is 1. The number of benzene rings is 1. The average molecular weight is 412 g/mol. The second-order valence-electron chi connectivity index (χ2n) is 7.63. The number of fused-ring (bicyclic) bond motifs is 1. The van der Waals surface area contributed by atoms with Crippen LogP contribution in [0, 0.1) is 0 Å². The lowest BCUT2D eigenvalue weighted by molar-refractivity contribution is 0.0342. The van der Waals surface area contributed by atoms with Crippen molar-refractivity contribution >= 4 is 22.9 Å². The van der Waals surface area contributed by atoms with E-state index >= 15 is 0 Å². The Balaban J connectivity index is 1.52. The number of hydrogen-bond donors (Lipinski definition) is 3. The summed E-state index contributed by atoms with van der Waals surface area (Å²) in [5, 5.41) is 3.18. The Morgan fingerprint density at radius 2 is 1.83 bits per heavy atom. The molecule has 0 bridgehead atoms. The van der Waals surface area contributed by atoms with Crippen LogP contribution in [0.25, 0.3) is 11.2 Å². The minimum atomic E-state index is -0.242. The molecule has 1 aromatic carbocycles. The standard InChI is InChI=1S/C21H29N7O2/c1-2-3-8-23-20-25-18(22)17-19(26-20)28(21(29)24-17)14-16-6-4-15(5-7-16)13-27-9-11-30-12-10-27/h4-7H,2-3,8-14H2,1H3,(H,24,29)(H3,22,23,25,26). The fourth-order valence-corrected chi connectivity index (χ4v) is 3.60. The summed E-state index contributed by atoms with van der Waals surface area (Å²) < 4.78 is 7.01. The second-order valence-corrected chi connectivity index (χ2v) is 7.63. The molecule has 160 valence electrons. The van der Waals surface area contributed by atoms with Crippen molar-refractivity contribution in [3.8, 4) is 0 Å². The Labute approximate surface area is 175 Å². The van der Waals surface area contributed by atoms with Gasteiger partial charge in [-0.15, -0.1) is 0 Å². The van der Waals surface area contributed by atoms with Gasteiger partial charge in [-0.05, 0) is 17.5 Å². The van der Waals surface area contributed by atoms with Gasteiger partial charge in [-0.1, -0.05) is 37.6 Å². The third-order valence-corrected chi connectivity index (χ3v) is 5.34. The maximum absolute atomic E-state index is 12.5. The lowest BCUT2D eigenvalue weighted by Crippen LogP contribution is -2.35. The predicted molar refractivity (Wildman–Crippen MR) is 118 cm³/mol. The molecule has 0 amide bonds. The average Bonchev–Trinajstić information content (AvgIpc) is 3.06. The summed E-state index contributed by atoms with van der Waals surface area (Å²) in [7, 11) is 0. The Morgan fingerprint density at radius 1 is 1.13 bits per heavy atom. The number of nitrogen functional groups attached to an aromatic ring is 1. The van der Waals surface area contributed by atoms with Crippen molar-refractivity contribution in [3.63, 3.8) is 0 Å². The number of imidazole rings is 1. The zero-order valence-corrected chi connectivity index (χ0v) is 17.4. The summed E-state index contributed by atoms with van der Waals surface area (Å²) in [6.07, 6.45) is 2.08. The first-order valence-corrected chi connectivity index (χ1v) is 10.5. The first-order valence-electron chi connectivity index (χ1n) is 10.5. The summed E-state index contributed by atoms with van der Waals surface area (Å²) in [6, 6.07) is 8.36. The number of rotatable bonds is 8. The van der Waals surface area contributed by atoms with Crippen LogP contribution in [0.4, 0.5) is 11.8 Å². The molecule has 9 heteroatoms. The molecule has 0 radical (unpaired) electrons. The van der Waals surface area contributed by atoms with E-state index in [1.165, 1.54) is 5.56 Å². The number of nitrogens with one attached hydrogen (secondary N) is 2. The zero-order chi connectivity index (χ0) is 20.9. The molecule has 3 aromatic rings. The lowest BCUT2D eigenvalue weighted by Gasteiger charge is -2.26. The van der Waals surface area contributed by atoms with Crippen molar-refractivity contribution in [1.82, 2.24) is 24.4 Å². The van der Waals surface area contributed by atoms with Gasteiger partial charge in [-0.2, -0.15) is 9.97 Å². The molecule has 3 heterocycles. The molecule has 30 heavy (non-hydrogen) atoms. The van der Waals surface area contributed by atoms with Gasteiger partial charge < -0.3 is 20.8 Å². The first kappa shape index (κ1) is 20.4. The molecular formula is C21H29N7O2. The number of aromatic amines is 1. The monoisotopic (exact) mass is 411 g/mol. The van der Waals surface area contributed by atoms with Crippen molar-refractivity contribution in [2.24, 2.45) is 0 Å². The third kappa shape index (κ3) is 4.63. The van der Waals surface area contributed by atoms with E-state index < -0.39 is 0 Å². The van der Waals surface area contributed by atoms with E-state index in [0.29, 0.717) is 23.7 Å². The quantitative estimate of drug-likeness (QED) is 0.484. The topological polar surface area (TPSA) is 114 Å². The smallest absolute Gasteiger partial charge is 0.328 e. The van der Waals surface area contributed by atoms with Gasteiger partial charge in [0.05, 0.1) is 19.8 Å². The summed E-state index contributed by atoms with van der Waals surface area (Å²) in [5.41, 5.74) is 9.09. The van der Waals surface area contributed by atoms with E-state index in [2.05, 4.69) is 56.4 Å². The van der Waals surface area contributed by atoms with Crippen LogP contribution in [0.3, 0.4) is 0 Å². The van der Waals surface area contributed by atoms with Gasteiger partial charge in [0.1, 0.15) is 5.52 Å². The number of H-pyrrole nitrogens is 1. The molecule has 1 fully saturated rings. The molecule has 9 nitrogen and oxygen atoms in total. The van der Waals surface area contributed by atoms with Crippen molar-refractivity contribution in [1.29, 1.82) is 0 Å². The van der Waals surface area contributed by atoms with Gasteiger partial charge in [0.25, 0.3) is 0 Å². The number of morpholine rings is 1. The van der Waals surface area contributed by atoms with Crippen LogP contribution >= 0.6 is 0 Å². The molecule has 0 unspecified atom stereocenters. The van der Waals surface area contributed by atoms with E-state index in [9.17, 15) is 4.79 Å². The normalized spacial score (nSPS) is 15.0. The summed E-state index contributed by atoms with van der Waals surface area (Å²) in [6.45, 7) is 7.72. The molecule has 1 aliphatic heterocycles. The molecule has 1 saturated heterocycles. The number of hydrogen-bond acceptors (Lipinski definition) is 7. The molecule has 4 N–H and O–H groups in total. The van der Waals surface area contributed by atoms with Gasteiger partial charge in [-0.3, -0.25) is 9.47 Å². The number of ether oxygens (including phenoxy) is 1. The molecule has 0 aliphatic carbocycles. The molecule has 4 rings (SSSR count). The molecule has 0 atom stereocenters. The van der Waals surface area contributed by atoms with Gasteiger partial charge in [-0.25, -0.2) is 4.79 Å². The van der Waals surface area contributed by atoms with Crippen LogP contribution in [0.5, 0.6) is 0 Å². The fraction of sp³-hybridized carbons (Fsp3) is 0.476. The van der Waals surface area contributed by atoms with Crippen LogP contribution in [-0.4, -0.2) is 57.3 Å². The second kappa shape index (κ2) is 9.27. The number of unbranched alkanes of at least 4 members (excludes halogenated alkanes) is 1. The molecule has 0 spiro atoms. The highest BCUT2D eigenvalue weighted by Crippen LogP contribution is 2.18. The molecule has 2 aromatic heterocycles. The number of nitrogens with zero attached hydrogens (tertiary/aromatic N) is 4. The van der Waals surface area contributed by atoms with Crippen molar-refractivity contribution in [2.75, 3.05) is 43.9 Å². The SMILES string of the molecule is CCCCNc1nc(N)c2[nH]c(=O)n(Cc3ccc(CN4CCOCC4)cc3)c2n1. The van der Waals surface area contributed by atoms with Crippen LogP contribution in [0.15, 0.2) is 29.1 Å². The minimum Gasteiger partial charge on any atom is -0.382 e. The summed E-state index contributed by atoms with van der Waals surface area (Å²) in [4.78, 5) is 26.5. The van der Waals surface area contributed by atoms with Gasteiger partial charge >= 0.3 is 5.69 Å². The van der Waals surface area contributed by atoms with Gasteiger partial charge in [0.2, 0.25) is 5.95 Å². The Hall–Kier alpha value is -2.91. The van der Waals surface area contributed by atoms with E-state index in [4.69, 9.17) is 10.5 Å². The Bertz CT molecular complexity index is 1040. The van der Waals surface area contributed by atoms with Gasteiger partial charge in [0, 0.05) is 26.2 Å². The highest BCUT2D eigenvalue weighted by atomic mass is 16.5. The Kier molecular flexibility index (Phi) is 6.29. The third-order valence-electron chi connectivity index (χ3n) is 5.34. The molecule has 1 aliphatic rings. The van der Waals surface area contributed by atoms with E-state index in [1.807, 2.05) is 0 Å².